The van der Waals surface area contributed by atoms with E-state index < -0.39 is 0 Å². The minimum atomic E-state index is 0.0260. The summed E-state index contributed by atoms with van der Waals surface area (Å²) in [5, 5.41) is 0. The lowest BCUT2D eigenvalue weighted by molar-refractivity contribution is 0.0691. The van der Waals surface area contributed by atoms with Crippen LogP contribution in [0.5, 0.6) is 0 Å². The first kappa shape index (κ1) is 15.1. The highest BCUT2D eigenvalue weighted by atomic mass is 16.2. The number of hydrogen-bond donors (Lipinski definition) is 0. The van der Waals surface area contributed by atoms with Gasteiger partial charge in [0.1, 0.15) is 5.69 Å². The molecule has 3 heterocycles. The van der Waals surface area contributed by atoms with Gasteiger partial charge >= 0.3 is 0 Å². The van der Waals surface area contributed by atoms with Crippen molar-refractivity contribution in [3.8, 4) is 0 Å². The molecule has 0 unspecified atom stereocenters. The first-order valence-electron chi connectivity index (χ1n) is 8.70. The molecular formula is C19H22N4O. The molecule has 124 valence electrons. The van der Waals surface area contributed by atoms with Crippen molar-refractivity contribution in [1.82, 2.24) is 14.9 Å². The molecule has 1 fully saturated rings. The summed E-state index contributed by atoms with van der Waals surface area (Å²) in [5.41, 5.74) is 2.95. The van der Waals surface area contributed by atoms with E-state index in [2.05, 4.69) is 40.0 Å². The van der Waals surface area contributed by atoms with Crippen LogP contribution in [-0.2, 0) is 6.42 Å². The van der Waals surface area contributed by atoms with Gasteiger partial charge in [-0.2, -0.15) is 0 Å². The average molecular weight is 322 g/mol. The second kappa shape index (κ2) is 6.23. The third-order valence-corrected chi connectivity index (χ3v) is 5.06. The number of amides is 1. The molecule has 0 N–H and O–H groups in total. The van der Waals surface area contributed by atoms with Crippen molar-refractivity contribution >= 4 is 17.5 Å². The number of carbonyl (C=O) groups is 1. The maximum Gasteiger partial charge on any atom is 0.272 e. The largest absolute Gasteiger partial charge is 0.337 e. The van der Waals surface area contributed by atoms with Gasteiger partial charge in [0.15, 0.2) is 0 Å². The molecule has 1 aromatic heterocycles. The monoisotopic (exact) mass is 322 g/mol. The van der Waals surface area contributed by atoms with Gasteiger partial charge in [-0.25, -0.2) is 9.97 Å². The molecule has 2 aromatic rings. The van der Waals surface area contributed by atoms with Crippen molar-refractivity contribution in [2.75, 3.05) is 24.5 Å². The summed E-state index contributed by atoms with van der Waals surface area (Å²) < 4.78 is 0. The number of hydrogen-bond acceptors (Lipinski definition) is 4. The molecule has 0 atom stereocenters. The predicted molar refractivity (Wildman–Crippen MR) is 93.5 cm³/mol. The van der Waals surface area contributed by atoms with Gasteiger partial charge in [0.05, 0.1) is 0 Å². The molecule has 0 spiro atoms. The summed E-state index contributed by atoms with van der Waals surface area (Å²) in [6.07, 6.45) is 4.83. The lowest BCUT2D eigenvalue weighted by atomic mass is 9.99. The maximum absolute atomic E-state index is 12.7. The van der Waals surface area contributed by atoms with Crippen molar-refractivity contribution in [2.24, 2.45) is 5.92 Å². The molecule has 1 aromatic carbocycles. The van der Waals surface area contributed by atoms with Crippen LogP contribution in [-0.4, -0.2) is 40.4 Å². The Bertz CT molecular complexity index is 753. The van der Waals surface area contributed by atoms with Gasteiger partial charge in [0.2, 0.25) is 5.95 Å². The Morgan fingerprint density at radius 3 is 2.75 bits per heavy atom. The van der Waals surface area contributed by atoms with Crippen molar-refractivity contribution < 1.29 is 4.79 Å². The molecule has 1 saturated heterocycles. The van der Waals surface area contributed by atoms with Gasteiger partial charge in [-0.05, 0) is 42.9 Å². The van der Waals surface area contributed by atoms with E-state index in [-0.39, 0.29) is 5.91 Å². The summed E-state index contributed by atoms with van der Waals surface area (Å²) >= 11 is 0. The summed E-state index contributed by atoms with van der Waals surface area (Å²) in [6.45, 7) is 4.76. The van der Waals surface area contributed by atoms with E-state index in [0.717, 1.165) is 44.6 Å². The molecule has 24 heavy (non-hydrogen) atoms. The second-order valence-electron chi connectivity index (χ2n) is 6.75. The molecule has 0 radical (unpaired) electrons. The Morgan fingerprint density at radius 1 is 1.12 bits per heavy atom. The highest BCUT2D eigenvalue weighted by molar-refractivity contribution is 5.92. The number of carbonyl (C=O) groups excluding carboxylic acids is 1. The molecule has 5 heteroatoms. The minimum Gasteiger partial charge on any atom is -0.337 e. The van der Waals surface area contributed by atoms with Crippen LogP contribution in [0.1, 0.15) is 35.8 Å². The summed E-state index contributed by atoms with van der Waals surface area (Å²) in [5.74, 6) is 1.35. The Kier molecular flexibility index (Phi) is 3.92. The molecule has 4 rings (SSSR count). The number of anilines is 2. The van der Waals surface area contributed by atoms with Crippen LogP contribution in [0.25, 0.3) is 0 Å². The smallest absolute Gasteiger partial charge is 0.272 e. The van der Waals surface area contributed by atoms with Gasteiger partial charge in [0, 0.05) is 31.5 Å². The van der Waals surface area contributed by atoms with Crippen LogP contribution < -0.4 is 4.90 Å². The number of fused-ring (bicyclic) bond motifs is 1. The van der Waals surface area contributed by atoms with E-state index in [1.54, 1.807) is 12.3 Å². The van der Waals surface area contributed by atoms with Gasteiger partial charge < -0.3 is 9.80 Å². The molecule has 2 aliphatic rings. The number of nitrogens with zero attached hydrogens (tertiary/aromatic N) is 4. The van der Waals surface area contributed by atoms with Crippen LogP contribution in [0, 0.1) is 5.92 Å². The molecule has 0 bridgehead atoms. The normalized spacial score (nSPS) is 17.9. The number of benzene rings is 1. The minimum absolute atomic E-state index is 0.0260. The van der Waals surface area contributed by atoms with E-state index in [1.165, 1.54) is 5.56 Å². The zero-order chi connectivity index (χ0) is 16.5. The highest BCUT2D eigenvalue weighted by Gasteiger charge is 2.25. The van der Waals surface area contributed by atoms with E-state index in [9.17, 15) is 4.79 Å². The lowest BCUT2D eigenvalue weighted by Gasteiger charge is -2.30. The first-order valence-corrected chi connectivity index (χ1v) is 8.70. The zero-order valence-corrected chi connectivity index (χ0v) is 14.0. The summed E-state index contributed by atoms with van der Waals surface area (Å²) in [7, 11) is 0. The predicted octanol–water partition coefficient (Wildman–Crippen LogP) is 3.04. The Hall–Kier alpha value is -2.43. The standard InChI is InChI=1S/C19H22N4O/c1-14-7-11-22(12-8-14)18(24)16-6-10-20-19(21-16)23-13-9-15-4-2-3-5-17(15)23/h2-6,10,14H,7-9,11-13H2,1H3. The number of para-hydroxylation sites is 1. The number of rotatable bonds is 2. The Balaban J connectivity index is 1.57. The summed E-state index contributed by atoms with van der Waals surface area (Å²) in [6, 6.07) is 10.0. The quantitative estimate of drug-likeness (QED) is 0.853. The first-order chi connectivity index (χ1) is 11.7. The summed E-state index contributed by atoms with van der Waals surface area (Å²) in [4.78, 5) is 25.7. The zero-order valence-electron chi connectivity index (χ0n) is 14.0. The molecular weight excluding hydrogens is 300 g/mol. The van der Waals surface area contributed by atoms with Crippen LogP contribution >= 0.6 is 0 Å². The molecule has 1 amide bonds. The third kappa shape index (κ3) is 2.75. The topological polar surface area (TPSA) is 49.3 Å². The van der Waals surface area contributed by atoms with Crippen molar-refractivity contribution in [2.45, 2.75) is 26.2 Å². The lowest BCUT2D eigenvalue weighted by Crippen LogP contribution is -2.38. The van der Waals surface area contributed by atoms with Crippen LogP contribution in [0.3, 0.4) is 0 Å². The van der Waals surface area contributed by atoms with Crippen LogP contribution in [0.15, 0.2) is 36.5 Å². The second-order valence-corrected chi connectivity index (χ2v) is 6.75. The van der Waals surface area contributed by atoms with Gasteiger partial charge in [0.25, 0.3) is 5.91 Å². The van der Waals surface area contributed by atoms with Crippen LogP contribution in [0.4, 0.5) is 11.6 Å². The molecule has 0 aliphatic carbocycles. The van der Waals surface area contributed by atoms with E-state index in [4.69, 9.17) is 0 Å². The van der Waals surface area contributed by atoms with Crippen LogP contribution in [0.2, 0.25) is 0 Å². The van der Waals surface area contributed by atoms with E-state index in [1.807, 2.05) is 11.0 Å². The molecule has 5 nitrogen and oxygen atoms in total. The molecule has 2 aliphatic heterocycles. The maximum atomic E-state index is 12.7. The third-order valence-electron chi connectivity index (χ3n) is 5.06. The van der Waals surface area contributed by atoms with Crippen molar-refractivity contribution in [1.29, 1.82) is 0 Å². The number of likely N-dealkylation sites (tertiary alicyclic amines) is 1. The van der Waals surface area contributed by atoms with E-state index in [0.29, 0.717) is 17.6 Å². The number of piperidine rings is 1. The molecule has 0 saturated carbocycles. The number of aromatic nitrogens is 2. The Morgan fingerprint density at radius 2 is 1.92 bits per heavy atom. The van der Waals surface area contributed by atoms with Crippen molar-refractivity contribution in [3.63, 3.8) is 0 Å². The van der Waals surface area contributed by atoms with Crippen molar-refractivity contribution in [3.05, 3.63) is 47.8 Å². The highest BCUT2D eigenvalue weighted by Crippen LogP contribution is 2.32. The van der Waals surface area contributed by atoms with Gasteiger partial charge in [-0.3, -0.25) is 4.79 Å². The van der Waals surface area contributed by atoms with Gasteiger partial charge in [-0.1, -0.05) is 25.1 Å². The van der Waals surface area contributed by atoms with E-state index >= 15 is 0 Å². The fourth-order valence-corrected chi connectivity index (χ4v) is 3.52. The SMILES string of the molecule is CC1CCN(C(=O)c2ccnc(N3CCc4ccccc43)n2)CC1. The fraction of sp³-hybridized carbons (Fsp3) is 0.421. The average Bonchev–Trinajstić information content (AvgIpc) is 3.06. The Labute approximate surface area is 142 Å². The fourth-order valence-electron chi connectivity index (χ4n) is 3.52. The van der Waals surface area contributed by atoms with Gasteiger partial charge in [-0.15, -0.1) is 0 Å².